The van der Waals surface area contributed by atoms with Crippen molar-refractivity contribution in [2.24, 2.45) is 0 Å². The van der Waals surface area contributed by atoms with Crippen molar-refractivity contribution in [1.29, 1.82) is 0 Å². The van der Waals surface area contributed by atoms with Crippen LogP contribution in [-0.2, 0) is 6.54 Å². The second kappa shape index (κ2) is 5.86. The molecule has 0 atom stereocenters. The number of nitrogens with one attached hydrogen (secondary N) is 1. The summed E-state index contributed by atoms with van der Waals surface area (Å²) in [5.74, 6) is 0. The smallest absolute Gasteiger partial charge is 0.0403 e. The van der Waals surface area contributed by atoms with Gasteiger partial charge in [-0.05, 0) is 30.2 Å². The number of benzene rings is 1. The molecule has 0 aromatic heterocycles. The van der Waals surface area contributed by atoms with Gasteiger partial charge in [0, 0.05) is 13.7 Å². The van der Waals surface area contributed by atoms with Gasteiger partial charge in [-0.25, -0.2) is 0 Å². The SMILES string of the molecule is C=C/C=C(\C=C)NCc1ccccc1C.[HH]. The summed E-state index contributed by atoms with van der Waals surface area (Å²) in [5.41, 5.74) is 3.59. The zero-order valence-corrected chi connectivity index (χ0v) is 9.16. The first-order valence-corrected chi connectivity index (χ1v) is 5.01. The average Bonchev–Trinajstić information content (AvgIpc) is 2.26. The third kappa shape index (κ3) is 3.47. The van der Waals surface area contributed by atoms with Crippen molar-refractivity contribution in [3.63, 3.8) is 0 Å². The molecule has 0 aliphatic rings. The number of hydrogen-bond acceptors (Lipinski definition) is 1. The van der Waals surface area contributed by atoms with Gasteiger partial charge in [0.1, 0.15) is 0 Å². The molecule has 0 heterocycles. The first kappa shape index (κ1) is 11.3. The Balaban J connectivity index is 0.00000225. The second-order valence-electron chi connectivity index (χ2n) is 3.34. The van der Waals surface area contributed by atoms with E-state index in [-0.39, 0.29) is 1.43 Å². The van der Waals surface area contributed by atoms with E-state index in [0.717, 1.165) is 12.2 Å². The molecule has 0 unspecified atom stereocenters. The molecule has 0 fully saturated rings. The Bertz CT molecular complexity index is 380. The number of rotatable bonds is 5. The summed E-state index contributed by atoms with van der Waals surface area (Å²) in [6, 6.07) is 8.33. The molecule has 0 spiro atoms. The molecule has 0 saturated heterocycles. The van der Waals surface area contributed by atoms with E-state index in [1.165, 1.54) is 11.1 Å². The molecule has 80 valence electrons. The molecule has 1 aromatic carbocycles. The Morgan fingerprint density at radius 3 is 2.73 bits per heavy atom. The van der Waals surface area contributed by atoms with E-state index >= 15 is 0 Å². The first-order chi connectivity index (χ1) is 7.27. The van der Waals surface area contributed by atoms with Crippen LogP contribution in [0.3, 0.4) is 0 Å². The Morgan fingerprint density at radius 2 is 2.13 bits per heavy atom. The van der Waals surface area contributed by atoms with Crippen LogP contribution in [0.5, 0.6) is 0 Å². The number of hydrogen-bond donors (Lipinski definition) is 1. The predicted octanol–water partition coefficient (Wildman–Crippen LogP) is 3.59. The normalized spacial score (nSPS) is 10.9. The van der Waals surface area contributed by atoms with Gasteiger partial charge in [0.05, 0.1) is 0 Å². The van der Waals surface area contributed by atoms with Crippen molar-refractivity contribution < 1.29 is 1.43 Å². The minimum absolute atomic E-state index is 0. The highest BCUT2D eigenvalue weighted by Crippen LogP contribution is 2.07. The number of allylic oxidation sites excluding steroid dienone is 3. The molecule has 0 amide bonds. The van der Waals surface area contributed by atoms with Crippen molar-refractivity contribution in [2.75, 3.05) is 0 Å². The van der Waals surface area contributed by atoms with Crippen molar-refractivity contribution >= 4 is 0 Å². The van der Waals surface area contributed by atoms with Crippen molar-refractivity contribution in [1.82, 2.24) is 5.32 Å². The number of aryl methyl sites for hydroxylation is 1. The van der Waals surface area contributed by atoms with Crippen LogP contribution >= 0.6 is 0 Å². The third-order valence-corrected chi connectivity index (χ3v) is 2.26. The average molecular weight is 201 g/mol. The molecule has 1 rings (SSSR count). The lowest BCUT2D eigenvalue weighted by atomic mass is 10.1. The van der Waals surface area contributed by atoms with Crippen LogP contribution in [0.25, 0.3) is 0 Å². The molecule has 1 aromatic rings. The highest BCUT2D eigenvalue weighted by Gasteiger charge is 1.96. The van der Waals surface area contributed by atoms with Gasteiger partial charge >= 0.3 is 0 Å². The van der Waals surface area contributed by atoms with Crippen LogP contribution in [0.1, 0.15) is 12.6 Å². The van der Waals surface area contributed by atoms with Crippen molar-refractivity contribution in [3.8, 4) is 0 Å². The largest absolute Gasteiger partial charge is 0.381 e. The van der Waals surface area contributed by atoms with Crippen LogP contribution in [0.4, 0.5) is 0 Å². The zero-order valence-electron chi connectivity index (χ0n) is 9.16. The third-order valence-electron chi connectivity index (χ3n) is 2.26. The highest BCUT2D eigenvalue weighted by molar-refractivity contribution is 5.27. The van der Waals surface area contributed by atoms with E-state index in [2.05, 4.69) is 43.6 Å². The Hall–Kier alpha value is -1.76. The molecule has 0 bridgehead atoms. The monoisotopic (exact) mass is 201 g/mol. The summed E-state index contributed by atoms with van der Waals surface area (Å²) < 4.78 is 0. The van der Waals surface area contributed by atoms with Crippen LogP contribution in [0.15, 0.2) is 61.3 Å². The van der Waals surface area contributed by atoms with E-state index < -0.39 is 0 Å². The van der Waals surface area contributed by atoms with Gasteiger partial charge < -0.3 is 5.32 Å². The van der Waals surface area contributed by atoms with Crippen LogP contribution in [0, 0.1) is 6.92 Å². The summed E-state index contributed by atoms with van der Waals surface area (Å²) in [5, 5.41) is 3.30. The maximum absolute atomic E-state index is 3.74. The van der Waals surface area contributed by atoms with Crippen molar-refractivity contribution in [2.45, 2.75) is 13.5 Å². The zero-order chi connectivity index (χ0) is 11.1. The summed E-state index contributed by atoms with van der Waals surface area (Å²) in [4.78, 5) is 0. The van der Waals surface area contributed by atoms with Crippen LogP contribution < -0.4 is 5.32 Å². The quantitative estimate of drug-likeness (QED) is 0.718. The van der Waals surface area contributed by atoms with Crippen LogP contribution in [-0.4, -0.2) is 0 Å². The van der Waals surface area contributed by atoms with E-state index in [1.807, 2.05) is 12.1 Å². The van der Waals surface area contributed by atoms with E-state index in [1.54, 1.807) is 12.2 Å². The molecule has 15 heavy (non-hydrogen) atoms. The van der Waals surface area contributed by atoms with Gasteiger partial charge in [-0.1, -0.05) is 43.5 Å². The Morgan fingerprint density at radius 1 is 1.40 bits per heavy atom. The minimum Gasteiger partial charge on any atom is -0.381 e. The maximum Gasteiger partial charge on any atom is 0.0403 e. The molecule has 0 aliphatic heterocycles. The molecule has 1 heteroatoms. The van der Waals surface area contributed by atoms with Gasteiger partial charge in [0.15, 0.2) is 0 Å². The lowest BCUT2D eigenvalue weighted by Gasteiger charge is -2.08. The summed E-state index contributed by atoms with van der Waals surface area (Å²) in [6.07, 6.45) is 5.45. The van der Waals surface area contributed by atoms with Gasteiger partial charge in [-0.15, -0.1) is 0 Å². The summed E-state index contributed by atoms with van der Waals surface area (Å²) in [6.45, 7) is 10.3. The second-order valence-corrected chi connectivity index (χ2v) is 3.34. The summed E-state index contributed by atoms with van der Waals surface area (Å²) >= 11 is 0. The van der Waals surface area contributed by atoms with Gasteiger partial charge in [0.25, 0.3) is 0 Å². The first-order valence-electron chi connectivity index (χ1n) is 5.01. The maximum atomic E-state index is 3.74. The van der Waals surface area contributed by atoms with Gasteiger partial charge in [-0.2, -0.15) is 0 Å². The van der Waals surface area contributed by atoms with E-state index in [9.17, 15) is 0 Å². The molecule has 0 aliphatic carbocycles. The lowest BCUT2D eigenvalue weighted by molar-refractivity contribution is 0.828. The fourth-order valence-corrected chi connectivity index (χ4v) is 1.33. The highest BCUT2D eigenvalue weighted by atomic mass is 14.9. The predicted molar refractivity (Wildman–Crippen MR) is 68.6 cm³/mol. The topological polar surface area (TPSA) is 12.0 Å². The Labute approximate surface area is 93.3 Å². The fourth-order valence-electron chi connectivity index (χ4n) is 1.33. The molecule has 1 nitrogen and oxygen atoms in total. The molecular formula is C14H19N. The minimum atomic E-state index is 0. The van der Waals surface area contributed by atoms with Gasteiger partial charge in [-0.3, -0.25) is 0 Å². The molecule has 1 N–H and O–H groups in total. The molecular weight excluding hydrogens is 182 g/mol. The fraction of sp³-hybridized carbons (Fsp3) is 0.143. The molecule has 0 radical (unpaired) electrons. The standard InChI is InChI=1S/C14H17N.H2/c1-4-8-14(5-2)15-11-13-10-7-6-9-12(13)3;/h4-10,15H,1-2,11H2,3H3;1H/b14-8+;. The van der Waals surface area contributed by atoms with E-state index in [4.69, 9.17) is 0 Å². The van der Waals surface area contributed by atoms with Crippen LogP contribution in [0.2, 0.25) is 0 Å². The Kier molecular flexibility index (Phi) is 4.42. The van der Waals surface area contributed by atoms with Gasteiger partial charge in [0.2, 0.25) is 0 Å². The van der Waals surface area contributed by atoms with E-state index in [0.29, 0.717) is 0 Å². The van der Waals surface area contributed by atoms with Crippen molar-refractivity contribution in [3.05, 3.63) is 72.5 Å². The lowest BCUT2D eigenvalue weighted by Crippen LogP contribution is -2.11. The molecule has 0 saturated carbocycles. The summed E-state index contributed by atoms with van der Waals surface area (Å²) in [7, 11) is 0.